The molecular formula is C22H21NO6. The van der Waals surface area contributed by atoms with Gasteiger partial charge < -0.3 is 9.47 Å². The van der Waals surface area contributed by atoms with Gasteiger partial charge in [0.15, 0.2) is 18.0 Å². The lowest BCUT2D eigenvalue weighted by Gasteiger charge is -2.33. The standard InChI is InChI=1S/C22H21NO6/c1-3-26-22(25)21-20-17-16(14-11-12(2)9-10-15(14)27-20)19(28-23(17)29-21)18(24)13-7-5-4-6-8-13/h4-11,16-17,19-21H,3H2,1-2H3/t16-,17-,19-,20+,21+/m1/s1. The molecule has 3 aliphatic rings. The monoisotopic (exact) mass is 395 g/mol. The molecule has 0 saturated carbocycles. The molecule has 0 unspecified atom stereocenters. The first-order chi connectivity index (χ1) is 14.1. The number of hydrogen-bond donors (Lipinski definition) is 0. The van der Waals surface area contributed by atoms with E-state index in [9.17, 15) is 9.59 Å². The second-order valence-corrected chi connectivity index (χ2v) is 7.46. The van der Waals surface area contributed by atoms with Crippen molar-refractivity contribution in [1.82, 2.24) is 5.23 Å². The minimum absolute atomic E-state index is 0.130. The van der Waals surface area contributed by atoms with E-state index in [4.69, 9.17) is 19.1 Å². The first kappa shape index (κ1) is 18.3. The highest BCUT2D eigenvalue weighted by Gasteiger charge is 2.64. The van der Waals surface area contributed by atoms with Crippen molar-refractivity contribution in [3.05, 3.63) is 65.2 Å². The molecule has 0 N–H and O–H groups in total. The van der Waals surface area contributed by atoms with Gasteiger partial charge in [-0.1, -0.05) is 53.3 Å². The molecule has 150 valence electrons. The number of nitrogens with zero attached hydrogens (tertiary/aromatic N) is 1. The van der Waals surface area contributed by atoms with Crippen LogP contribution < -0.4 is 4.74 Å². The van der Waals surface area contributed by atoms with Crippen molar-refractivity contribution in [1.29, 1.82) is 0 Å². The first-order valence-corrected chi connectivity index (χ1v) is 9.74. The SMILES string of the molecule is CCOC(=O)[C@H]1ON2O[C@@H](C(=O)c3ccccc3)[C@@H]3c4cc(C)ccc4O[C@H]1[C@@H]32. The molecule has 0 aliphatic carbocycles. The average molecular weight is 395 g/mol. The maximum absolute atomic E-state index is 13.3. The van der Waals surface area contributed by atoms with Crippen LogP contribution in [0.4, 0.5) is 0 Å². The summed E-state index contributed by atoms with van der Waals surface area (Å²) in [5, 5.41) is 1.27. The summed E-state index contributed by atoms with van der Waals surface area (Å²) in [6.07, 6.45) is -2.33. The van der Waals surface area contributed by atoms with Gasteiger partial charge >= 0.3 is 5.97 Å². The maximum Gasteiger partial charge on any atom is 0.341 e. The van der Waals surface area contributed by atoms with E-state index >= 15 is 0 Å². The van der Waals surface area contributed by atoms with Gasteiger partial charge in [0.2, 0.25) is 6.10 Å². The Morgan fingerprint density at radius 1 is 1.07 bits per heavy atom. The number of carbonyl (C=O) groups excluding carboxylic acids is 2. The predicted molar refractivity (Wildman–Crippen MR) is 101 cm³/mol. The number of hydrogen-bond acceptors (Lipinski definition) is 7. The second-order valence-electron chi connectivity index (χ2n) is 7.46. The number of rotatable bonds is 4. The molecule has 2 saturated heterocycles. The van der Waals surface area contributed by atoms with Crippen LogP contribution in [0.15, 0.2) is 48.5 Å². The number of fused-ring (bicyclic) bond motifs is 2. The molecule has 0 spiro atoms. The minimum Gasteiger partial charge on any atom is -0.485 e. The number of aryl methyl sites for hydroxylation is 1. The third-order valence-corrected chi connectivity index (χ3v) is 5.63. The van der Waals surface area contributed by atoms with Gasteiger partial charge in [0.1, 0.15) is 11.8 Å². The number of hydroxylamine groups is 2. The molecule has 5 rings (SSSR count). The van der Waals surface area contributed by atoms with Crippen LogP contribution >= 0.6 is 0 Å². The summed E-state index contributed by atoms with van der Waals surface area (Å²) in [6.45, 7) is 3.97. The Kier molecular flexibility index (Phi) is 4.38. The fraction of sp³-hybridized carbons (Fsp3) is 0.364. The van der Waals surface area contributed by atoms with Crippen LogP contribution in [0.5, 0.6) is 5.75 Å². The van der Waals surface area contributed by atoms with Gasteiger partial charge in [-0.05, 0) is 19.9 Å². The number of Topliss-reactive ketones (excluding diaryl/α,β-unsaturated/α-hetero) is 1. The van der Waals surface area contributed by atoms with Crippen molar-refractivity contribution in [2.24, 2.45) is 0 Å². The van der Waals surface area contributed by atoms with Crippen molar-refractivity contribution in [3.63, 3.8) is 0 Å². The maximum atomic E-state index is 13.3. The smallest absolute Gasteiger partial charge is 0.341 e. The third-order valence-electron chi connectivity index (χ3n) is 5.63. The highest BCUT2D eigenvalue weighted by atomic mass is 17.0. The molecule has 2 fully saturated rings. The molecule has 0 bridgehead atoms. The lowest BCUT2D eigenvalue weighted by atomic mass is 9.79. The van der Waals surface area contributed by atoms with Crippen LogP contribution in [0.25, 0.3) is 0 Å². The molecule has 0 amide bonds. The fourth-order valence-corrected chi connectivity index (χ4v) is 4.37. The zero-order valence-corrected chi connectivity index (χ0v) is 16.1. The number of benzene rings is 2. The summed E-state index contributed by atoms with van der Waals surface area (Å²) < 4.78 is 11.3. The van der Waals surface area contributed by atoms with Crippen LogP contribution in [-0.2, 0) is 19.2 Å². The summed E-state index contributed by atoms with van der Waals surface area (Å²) in [5.74, 6) is -0.320. The molecule has 3 aliphatic heterocycles. The van der Waals surface area contributed by atoms with Crippen molar-refractivity contribution in [2.45, 2.75) is 44.1 Å². The van der Waals surface area contributed by atoms with Gasteiger partial charge in [-0.3, -0.25) is 14.5 Å². The second kappa shape index (κ2) is 6.95. The Labute approximate surface area is 168 Å². The quantitative estimate of drug-likeness (QED) is 0.582. The number of ether oxygens (including phenoxy) is 2. The molecular weight excluding hydrogens is 374 g/mol. The normalized spacial score (nSPS) is 29.7. The summed E-state index contributed by atoms with van der Waals surface area (Å²) in [5.41, 5.74) is 2.50. The zero-order valence-electron chi connectivity index (χ0n) is 16.1. The number of esters is 1. The molecule has 7 heteroatoms. The molecule has 0 aromatic heterocycles. The summed E-state index contributed by atoms with van der Waals surface area (Å²) in [7, 11) is 0. The lowest BCUT2D eigenvalue weighted by Crippen LogP contribution is -2.48. The molecule has 2 aromatic carbocycles. The third kappa shape index (κ3) is 2.85. The van der Waals surface area contributed by atoms with Gasteiger partial charge in [0, 0.05) is 17.0 Å². The van der Waals surface area contributed by atoms with Crippen LogP contribution in [0.1, 0.15) is 34.3 Å². The largest absolute Gasteiger partial charge is 0.485 e. The zero-order chi connectivity index (χ0) is 20.1. The van der Waals surface area contributed by atoms with Gasteiger partial charge in [-0.15, -0.1) is 0 Å². The molecule has 29 heavy (non-hydrogen) atoms. The number of ketones is 1. The Bertz CT molecular complexity index is 961. The highest BCUT2D eigenvalue weighted by molar-refractivity contribution is 6.00. The summed E-state index contributed by atoms with van der Waals surface area (Å²) in [4.78, 5) is 37.3. The van der Waals surface area contributed by atoms with E-state index in [-0.39, 0.29) is 18.3 Å². The van der Waals surface area contributed by atoms with Crippen molar-refractivity contribution in [3.8, 4) is 5.75 Å². The Morgan fingerprint density at radius 3 is 2.59 bits per heavy atom. The van der Waals surface area contributed by atoms with Crippen LogP contribution in [0.2, 0.25) is 0 Å². The average Bonchev–Trinajstić information content (AvgIpc) is 3.28. The molecule has 7 nitrogen and oxygen atoms in total. The van der Waals surface area contributed by atoms with Crippen LogP contribution in [0, 0.1) is 6.92 Å². The topological polar surface area (TPSA) is 74.3 Å². The number of carbonyl (C=O) groups is 2. The predicted octanol–water partition coefficient (Wildman–Crippen LogP) is 2.58. The van der Waals surface area contributed by atoms with E-state index in [2.05, 4.69) is 0 Å². The van der Waals surface area contributed by atoms with Crippen molar-refractivity contribution in [2.75, 3.05) is 6.61 Å². The van der Waals surface area contributed by atoms with E-state index < -0.39 is 30.3 Å². The lowest BCUT2D eigenvalue weighted by molar-refractivity contribution is -0.347. The summed E-state index contributed by atoms with van der Waals surface area (Å²) >= 11 is 0. The Balaban J connectivity index is 1.56. The Hall–Kier alpha value is -2.74. The van der Waals surface area contributed by atoms with Gasteiger partial charge in [-0.2, -0.15) is 0 Å². The fourth-order valence-electron chi connectivity index (χ4n) is 4.37. The van der Waals surface area contributed by atoms with Crippen molar-refractivity contribution >= 4 is 11.8 Å². The molecule has 3 heterocycles. The van der Waals surface area contributed by atoms with E-state index in [0.717, 1.165) is 11.1 Å². The van der Waals surface area contributed by atoms with E-state index in [1.807, 2.05) is 43.3 Å². The molecule has 2 aromatic rings. The van der Waals surface area contributed by atoms with Crippen LogP contribution in [0.3, 0.4) is 0 Å². The van der Waals surface area contributed by atoms with Gasteiger partial charge in [0.25, 0.3) is 0 Å². The van der Waals surface area contributed by atoms with Crippen molar-refractivity contribution < 1.29 is 28.7 Å². The van der Waals surface area contributed by atoms with Crippen LogP contribution in [-0.4, -0.2) is 47.9 Å². The van der Waals surface area contributed by atoms with E-state index in [1.165, 1.54) is 5.23 Å². The van der Waals surface area contributed by atoms with Gasteiger partial charge in [0.05, 0.1) is 6.61 Å². The van der Waals surface area contributed by atoms with Gasteiger partial charge in [-0.25, -0.2) is 4.79 Å². The highest BCUT2D eigenvalue weighted by Crippen LogP contribution is 2.51. The molecule has 5 atom stereocenters. The first-order valence-electron chi connectivity index (χ1n) is 9.74. The van der Waals surface area contributed by atoms with E-state index in [0.29, 0.717) is 11.3 Å². The Morgan fingerprint density at radius 2 is 1.83 bits per heavy atom. The minimum atomic E-state index is -0.940. The summed E-state index contributed by atoms with van der Waals surface area (Å²) in [6, 6.07) is 14.4. The molecule has 0 radical (unpaired) electrons. The van der Waals surface area contributed by atoms with E-state index in [1.54, 1.807) is 19.1 Å².